The van der Waals surface area contributed by atoms with E-state index in [-0.39, 0.29) is 5.41 Å². The van der Waals surface area contributed by atoms with Crippen LogP contribution in [-0.4, -0.2) is 31.2 Å². The van der Waals surface area contributed by atoms with Gasteiger partial charge in [-0.25, -0.2) is 8.78 Å². The van der Waals surface area contributed by atoms with Crippen LogP contribution in [0.4, 0.5) is 8.78 Å². The molecular weight excluding hydrogens is 434 g/mol. The van der Waals surface area contributed by atoms with Crippen LogP contribution in [-0.2, 0) is 0 Å². The Morgan fingerprint density at radius 3 is 2.50 bits per heavy atom. The van der Waals surface area contributed by atoms with Crippen LogP contribution in [0.15, 0.2) is 22.1 Å². The molecule has 0 radical (unpaired) electrons. The van der Waals surface area contributed by atoms with Crippen molar-refractivity contribution in [2.24, 2.45) is 57.1 Å². The molecule has 0 saturated heterocycles. The molecule has 4 rings (SSSR count). The lowest BCUT2D eigenvalue weighted by atomic mass is 9.49. The molecular formula is C27H42F2N4O. The van der Waals surface area contributed by atoms with E-state index in [0.717, 1.165) is 47.9 Å². The van der Waals surface area contributed by atoms with E-state index >= 15 is 8.78 Å². The second kappa shape index (κ2) is 10.8. The van der Waals surface area contributed by atoms with Crippen molar-refractivity contribution in [3.8, 4) is 6.07 Å². The summed E-state index contributed by atoms with van der Waals surface area (Å²) in [6.07, 6.45) is 11.7. The number of hydrogen-bond acceptors (Lipinski definition) is 5. The van der Waals surface area contributed by atoms with Gasteiger partial charge in [0.1, 0.15) is 6.54 Å². The summed E-state index contributed by atoms with van der Waals surface area (Å²) in [6.45, 7) is 9.13. The highest BCUT2D eigenvalue weighted by molar-refractivity contribution is 5.24. The molecule has 4 aliphatic carbocycles. The second-order valence-electron chi connectivity index (χ2n) is 11.6. The van der Waals surface area contributed by atoms with Crippen LogP contribution in [0.25, 0.3) is 0 Å². The molecule has 0 amide bonds. The van der Waals surface area contributed by atoms with Crippen molar-refractivity contribution in [2.75, 3.05) is 13.6 Å². The minimum absolute atomic E-state index is 0.291. The first-order valence-electron chi connectivity index (χ1n) is 13.0. The van der Waals surface area contributed by atoms with Gasteiger partial charge in [-0.3, -0.25) is 5.01 Å². The number of hydrazone groups is 1. The van der Waals surface area contributed by atoms with Crippen LogP contribution in [0.3, 0.4) is 0 Å². The Hall–Kier alpha value is -1.84. The standard InChI is InChI=1S/C26H39F2N3.CH3NO/c1-17-5-7-20-19(13-17)6-8-22-21(20)11-12-25(3)23(22)9-10-24(25)26(27,28)16-31(30-4)15-18(2)14-29;1-2-3/h15,17,19-24H,4-13,16H2,1-3H3;1H3/b18-15+;. The maximum Gasteiger partial charge on any atom is 0.270 e. The van der Waals surface area contributed by atoms with Crippen molar-refractivity contribution in [1.82, 2.24) is 5.01 Å². The van der Waals surface area contributed by atoms with Crippen LogP contribution in [0.5, 0.6) is 0 Å². The van der Waals surface area contributed by atoms with Crippen molar-refractivity contribution >= 4 is 6.72 Å². The molecule has 7 heteroatoms. The van der Waals surface area contributed by atoms with Gasteiger partial charge in [0.2, 0.25) is 0 Å². The van der Waals surface area contributed by atoms with E-state index in [1.807, 2.05) is 6.07 Å². The summed E-state index contributed by atoms with van der Waals surface area (Å²) in [5, 5.41) is 16.2. The molecule has 0 bridgehead atoms. The van der Waals surface area contributed by atoms with Crippen LogP contribution >= 0.6 is 0 Å². The fourth-order valence-corrected chi connectivity index (χ4v) is 8.50. The molecule has 4 aliphatic rings. The Balaban J connectivity index is 0.00000103. The summed E-state index contributed by atoms with van der Waals surface area (Å²) >= 11 is 0. The molecule has 0 N–H and O–H groups in total. The van der Waals surface area contributed by atoms with Crippen LogP contribution in [0.2, 0.25) is 0 Å². The summed E-state index contributed by atoms with van der Waals surface area (Å²) in [6, 6.07) is 1.98. The summed E-state index contributed by atoms with van der Waals surface area (Å²) in [7, 11) is 1.19. The van der Waals surface area contributed by atoms with E-state index < -0.39 is 18.4 Å². The monoisotopic (exact) mass is 476 g/mol. The van der Waals surface area contributed by atoms with E-state index in [1.54, 1.807) is 6.92 Å². The van der Waals surface area contributed by atoms with Gasteiger partial charge in [-0.05, 0) is 99.2 Å². The number of nitrogens with zero attached hydrogens (tertiary/aromatic N) is 4. The molecule has 4 saturated carbocycles. The predicted octanol–water partition coefficient (Wildman–Crippen LogP) is 7.25. The zero-order valence-electron chi connectivity index (χ0n) is 21.4. The SMILES string of the molecule is C=NN(/C=C(\C)C#N)CC(F)(F)C1CCC2C3CCC4CC(C)CCC4C3CCC21C.CN=O. The molecule has 0 aromatic rings. The van der Waals surface area contributed by atoms with Crippen molar-refractivity contribution in [3.05, 3.63) is 16.7 Å². The average Bonchev–Trinajstić information content (AvgIpc) is 3.16. The molecule has 0 aromatic carbocycles. The number of alkyl halides is 2. The topological polar surface area (TPSA) is 68.8 Å². The molecule has 0 aliphatic heterocycles. The van der Waals surface area contributed by atoms with Gasteiger partial charge in [-0.15, -0.1) is 0 Å². The highest BCUT2D eigenvalue weighted by Crippen LogP contribution is 2.66. The lowest BCUT2D eigenvalue weighted by Gasteiger charge is -2.56. The highest BCUT2D eigenvalue weighted by Gasteiger charge is 2.62. The largest absolute Gasteiger partial charge is 0.270 e. The fraction of sp³-hybridized carbons (Fsp3) is 0.852. The Labute approximate surface area is 204 Å². The zero-order chi connectivity index (χ0) is 25.1. The van der Waals surface area contributed by atoms with E-state index in [9.17, 15) is 0 Å². The van der Waals surface area contributed by atoms with Crippen molar-refractivity contribution in [2.45, 2.75) is 84.5 Å². The first kappa shape index (κ1) is 26.8. The number of allylic oxidation sites excluding steroid dienone is 1. The molecule has 8 atom stereocenters. The van der Waals surface area contributed by atoms with Gasteiger partial charge in [0, 0.05) is 24.4 Å². The third-order valence-corrected chi connectivity index (χ3v) is 9.80. The third kappa shape index (κ3) is 5.21. The summed E-state index contributed by atoms with van der Waals surface area (Å²) in [4.78, 5) is 8.56. The van der Waals surface area contributed by atoms with Crippen LogP contribution in [0, 0.1) is 63.1 Å². The van der Waals surface area contributed by atoms with Gasteiger partial charge >= 0.3 is 0 Å². The van der Waals surface area contributed by atoms with Gasteiger partial charge in [-0.2, -0.15) is 15.3 Å². The number of halogens is 2. The van der Waals surface area contributed by atoms with Gasteiger partial charge in [0.05, 0.1) is 13.1 Å². The van der Waals surface area contributed by atoms with Gasteiger partial charge in [-0.1, -0.05) is 25.4 Å². The minimum atomic E-state index is -2.85. The quantitative estimate of drug-likeness (QED) is 0.181. The smallest absolute Gasteiger partial charge is 0.266 e. The molecule has 0 aromatic heterocycles. The van der Waals surface area contributed by atoms with Crippen LogP contribution < -0.4 is 0 Å². The first-order chi connectivity index (χ1) is 16.1. The van der Waals surface area contributed by atoms with Gasteiger partial charge in [0.25, 0.3) is 5.92 Å². The van der Waals surface area contributed by atoms with E-state index in [4.69, 9.17) is 10.2 Å². The van der Waals surface area contributed by atoms with Crippen molar-refractivity contribution in [1.29, 1.82) is 5.26 Å². The molecule has 0 heterocycles. The fourth-order valence-electron chi connectivity index (χ4n) is 8.50. The minimum Gasteiger partial charge on any atom is -0.266 e. The predicted molar refractivity (Wildman–Crippen MR) is 132 cm³/mol. The zero-order valence-corrected chi connectivity index (χ0v) is 21.4. The van der Waals surface area contributed by atoms with Crippen molar-refractivity contribution < 1.29 is 8.78 Å². The Kier molecular flexibility index (Phi) is 8.52. The average molecular weight is 477 g/mol. The second-order valence-corrected chi connectivity index (χ2v) is 11.6. The van der Waals surface area contributed by atoms with Gasteiger partial charge < -0.3 is 0 Å². The number of nitriles is 1. The molecule has 5 nitrogen and oxygen atoms in total. The number of hydrogen-bond donors (Lipinski definition) is 0. The normalized spacial score (nSPS) is 39.3. The van der Waals surface area contributed by atoms with Gasteiger partial charge in [0.15, 0.2) is 0 Å². The van der Waals surface area contributed by atoms with E-state index in [1.165, 1.54) is 45.4 Å². The highest BCUT2D eigenvalue weighted by atomic mass is 19.3. The summed E-state index contributed by atoms with van der Waals surface area (Å²) in [5.74, 6) is 0.975. The summed E-state index contributed by atoms with van der Waals surface area (Å²) < 4.78 is 31.3. The lowest BCUT2D eigenvalue weighted by Crippen LogP contribution is -2.52. The molecule has 34 heavy (non-hydrogen) atoms. The summed E-state index contributed by atoms with van der Waals surface area (Å²) in [5.41, 5.74) is 0.0677. The molecule has 0 spiro atoms. The Morgan fingerprint density at radius 2 is 1.85 bits per heavy atom. The molecule has 4 fully saturated rings. The van der Waals surface area contributed by atoms with Crippen molar-refractivity contribution in [3.63, 3.8) is 0 Å². The number of nitroso groups, excluding NO2 is 1. The Morgan fingerprint density at radius 1 is 1.18 bits per heavy atom. The third-order valence-electron chi connectivity index (χ3n) is 9.80. The maximum atomic E-state index is 15.6. The maximum absolute atomic E-state index is 15.6. The number of rotatable bonds is 5. The molecule has 8 unspecified atom stereocenters. The molecule has 190 valence electrons. The first-order valence-corrected chi connectivity index (χ1v) is 13.0. The Bertz CT molecular complexity index is 809. The van der Waals surface area contributed by atoms with E-state index in [0.29, 0.717) is 23.8 Å². The lowest BCUT2D eigenvalue weighted by molar-refractivity contribution is -0.142. The van der Waals surface area contributed by atoms with E-state index in [2.05, 4.69) is 30.8 Å². The van der Waals surface area contributed by atoms with Crippen LogP contribution in [0.1, 0.15) is 78.6 Å². The number of fused-ring (bicyclic) bond motifs is 5.